The number of hydrogen-bond donors (Lipinski definition) is 0. The van der Waals surface area contributed by atoms with Gasteiger partial charge in [0, 0.05) is 30.8 Å². The van der Waals surface area contributed by atoms with Crippen LogP contribution in [0, 0.1) is 13.8 Å². The van der Waals surface area contributed by atoms with Crippen molar-refractivity contribution in [3.63, 3.8) is 0 Å². The van der Waals surface area contributed by atoms with Gasteiger partial charge in [-0.2, -0.15) is 0 Å². The van der Waals surface area contributed by atoms with Gasteiger partial charge in [-0.15, -0.1) is 0 Å². The van der Waals surface area contributed by atoms with Gasteiger partial charge in [-0.05, 0) is 274 Å². The molecule has 0 saturated carbocycles. The minimum Gasteiger partial charge on any atom is -0.494 e. The van der Waals surface area contributed by atoms with Crippen LogP contribution in [0.4, 0.5) is 0 Å². The van der Waals surface area contributed by atoms with Gasteiger partial charge >= 0.3 is 47.8 Å². The monoisotopic (exact) mass is 1780 g/mol. The van der Waals surface area contributed by atoms with Crippen molar-refractivity contribution < 1.29 is 114 Å². The van der Waals surface area contributed by atoms with Gasteiger partial charge in [-0.25, -0.2) is 38.4 Å². The van der Waals surface area contributed by atoms with Crippen LogP contribution in [0.15, 0.2) is 245 Å². The molecule has 4 amide bonds. The molecule has 26 heteroatoms. The summed E-state index contributed by atoms with van der Waals surface area (Å²) < 4.78 is 66.8. The number of esters is 8. The molecule has 26 nitrogen and oxygen atoms in total. The Morgan fingerprint density at radius 1 is 0.282 bits per heavy atom. The number of ether oxygens (including phenoxy) is 12. The highest BCUT2D eigenvalue weighted by Gasteiger charge is 2.54. The lowest BCUT2D eigenvalue weighted by atomic mass is 10.1. The van der Waals surface area contributed by atoms with Crippen LogP contribution >= 0.6 is 0 Å². The first-order chi connectivity index (χ1) is 63.5. The zero-order valence-corrected chi connectivity index (χ0v) is 73.7. The lowest BCUT2D eigenvalue weighted by Crippen LogP contribution is -2.37. The van der Waals surface area contributed by atoms with Crippen molar-refractivity contribution in [1.82, 2.24) is 9.80 Å². The molecule has 2 heterocycles. The summed E-state index contributed by atoms with van der Waals surface area (Å²) in [4.78, 5) is 157. The quantitative estimate of drug-likeness (QED) is 0.0112. The molecular formula is C105H108N2O24. The Labute approximate surface area is 760 Å². The number of nitrogens with zero attached hydrogens (tertiary/aromatic N) is 2. The largest absolute Gasteiger partial charge is 0.494 e. The van der Waals surface area contributed by atoms with E-state index in [4.69, 9.17) is 56.8 Å². The number of benzene rings is 10. The Kier molecular flexibility index (Phi) is 36.8. The van der Waals surface area contributed by atoms with E-state index in [0.717, 1.165) is 186 Å². The molecular weight excluding hydrogens is 1670 g/mol. The van der Waals surface area contributed by atoms with Crippen LogP contribution in [0.5, 0.6) is 23.0 Å². The summed E-state index contributed by atoms with van der Waals surface area (Å²) >= 11 is 0. The van der Waals surface area contributed by atoms with Gasteiger partial charge in [0.25, 0.3) is 23.6 Å². The molecule has 2 saturated heterocycles. The van der Waals surface area contributed by atoms with Crippen LogP contribution in [0.25, 0.3) is 43.1 Å². The Bertz CT molecular complexity index is 5480. The maximum Gasteiger partial charge on any atom is 0.339 e. The minimum absolute atomic E-state index is 0.00894. The third-order valence-electron chi connectivity index (χ3n) is 21.7. The fourth-order valence-electron chi connectivity index (χ4n) is 14.8. The number of likely N-dealkylation sites (tertiary alicyclic amines) is 2. The Hall–Kier alpha value is -14.6. The van der Waals surface area contributed by atoms with Crippen LogP contribution in [-0.4, -0.2) is 165 Å². The first-order valence-electron chi connectivity index (χ1n) is 44.0. The average molecular weight is 1780 g/mol. The molecule has 0 N–H and O–H groups in total. The standard InChI is InChI=1S/C53H55NO12.C52H53NO12/c1-5-46(55)63-25-13-9-7-11-23-61-44-21-19-38-30-42(17-15-40(38)32-44)52(59)65-48-49(51(58)54(50(48)57)34-37-28-35(3)27-36(4)29-37)66-53(60)43-18-16-41-33-45(22-20-39(41)31-43)62-24-12-8-10-14-26-64-47(56)6-2;1-3-45(54)62-30-14-7-5-12-28-60-43-24-22-37-32-41(20-18-39(37)34-43)51(58)64-47-48(50(57)53(49(47)56)27-26-36-16-10-9-11-17-36)65-52(59)42-21-19-40-35-44(25-23-38(40)33-42)61-29-13-6-8-15-31-63-46(55)4-2/h5-6,15-22,27-33,48-49H,1-2,7-14,23-26,34H2,3-4H3;3-4,9-11,16-25,32-35,47-48H,1-2,5-8,12-15,26-31H2/t48-,49-;47-,48-/m11/s1. The van der Waals surface area contributed by atoms with Crippen LogP contribution in [0.1, 0.15) is 166 Å². The maximum atomic E-state index is 14.0. The minimum atomic E-state index is -1.73. The third-order valence-corrected chi connectivity index (χ3v) is 21.7. The average Bonchev–Trinajstić information content (AvgIpc) is 1.63. The van der Waals surface area contributed by atoms with Crippen molar-refractivity contribution in [2.75, 3.05) is 59.4 Å². The highest BCUT2D eigenvalue weighted by Crippen LogP contribution is 2.33. The summed E-state index contributed by atoms with van der Waals surface area (Å²) in [5, 5.41) is 6.09. The van der Waals surface area contributed by atoms with E-state index in [9.17, 15) is 57.5 Å². The van der Waals surface area contributed by atoms with Gasteiger partial charge in [-0.1, -0.05) is 135 Å². The molecule has 682 valence electrons. The van der Waals surface area contributed by atoms with Crippen LogP contribution < -0.4 is 18.9 Å². The molecule has 12 rings (SSSR count). The van der Waals surface area contributed by atoms with Crippen LogP contribution in [-0.2, 0) is 89.2 Å². The van der Waals surface area contributed by atoms with E-state index in [1.165, 1.54) is 0 Å². The van der Waals surface area contributed by atoms with E-state index >= 15 is 0 Å². The van der Waals surface area contributed by atoms with Crippen molar-refractivity contribution in [2.45, 2.75) is 154 Å². The maximum absolute atomic E-state index is 14.0. The van der Waals surface area contributed by atoms with Crippen molar-refractivity contribution in [3.05, 3.63) is 289 Å². The molecule has 4 atom stereocenters. The number of fused-ring (bicyclic) bond motifs is 4. The molecule has 0 aliphatic carbocycles. The van der Waals surface area contributed by atoms with Gasteiger partial charge in [0.05, 0.1) is 81.7 Å². The van der Waals surface area contributed by atoms with Gasteiger partial charge in [0.15, 0.2) is 0 Å². The first-order valence-corrected chi connectivity index (χ1v) is 44.0. The SMILES string of the molecule is C=CC(=O)OCCCCCCOc1ccc2cc(C(=O)O[C@H]3C(=O)N(CCc4ccccc4)C(=O)[C@@H]3OC(=O)c3ccc4cc(OCCCCCCOC(=O)C=C)ccc4c3)ccc2c1.C=CC(=O)OCCCCCCOc1ccc2cc(C(=O)O[C@H]3C(=O)N(Cc4cc(C)cc(C)c4)C(=O)[C@@H]3OC(=O)c3ccc4cc(OCCCCCCOC(=O)C=C)ccc4c3)ccc2c1. The summed E-state index contributed by atoms with van der Waals surface area (Å²) in [5.41, 5.74) is 4.00. The van der Waals surface area contributed by atoms with E-state index in [-0.39, 0.29) is 35.3 Å². The summed E-state index contributed by atoms with van der Waals surface area (Å²) in [5.74, 6) is -5.68. The van der Waals surface area contributed by atoms with E-state index in [2.05, 4.69) is 26.3 Å². The molecule has 131 heavy (non-hydrogen) atoms. The molecule has 0 radical (unpaired) electrons. The third kappa shape index (κ3) is 29.0. The number of imide groups is 2. The normalized spacial score (nSPS) is 14.5. The highest BCUT2D eigenvalue weighted by molar-refractivity contribution is 6.12. The number of carbonyl (C=O) groups is 12. The second-order valence-corrected chi connectivity index (χ2v) is 31.6. The summed E-state index contributed by atoms with van der Waals surface area (Å²) in [6, 6.07) is 56.5. The lowest BCUT2D eigenvalue weighted by Gasteiger charge is -2.17. The fourth-order valence-corrected chi connectivity index (χ4v) is 14.8. The summed E-state index contributed by atoms with van der Waals surface area (Å²) in [7, 11) is 0. The Balaban J connectivity index is 0.000000253. The predicted octanol–water partition coefficient (Wildman–Crippen LogP) is 18.0. The second-order valence-electron chi connectivity index (χ2n) is 31.6. The number of carbonyl (C=O) groups excluding carboxylic acids is 12. The topological polar surface area (TPSA) is 322 Å². The lowest BCUT2D eigenvalue weighted by molar-refractivity contribution is -0.143. The van der Waals surface area contributed by atoms with E-state index < -0.39 is 95.8 Å². The second kappa shape index (κ2) is 49.7. The van der Waals surface area contributed by atoms with E-state index in [0.29, 0.717) is 98.6 Å². The molecule has 2 fully saturated rings. The number of hydrogen-bond acceptors (Lipinski definition) is 24. The summed E-state index contributed by atoms with van der Waals surface area (Å²) in [6.45, 7) is 20.7. The van der Waals surface area contributed by atoms with Crippen molar-refractivity contribution in [1.29, 1.82) is 0 Å². The fraction of sp³-hybridized carbons (Fsp3) is 0.314. The van der Waals surface area contributed by atoms with Gasteiger partial charge < -0.3 is 56.8 Å². The first kappa shape index (κ1) is 97.1. The zero-order valence-electron chi connectivity index (χ0n) is 73.7. The molecule has 2 aliphatic heterocycles. The van der Waals surface area contributed by atoms with Crippen LogP contribution in [0.2, 0.25) is 0 Å². The zero-order chi connectivity index (χ0) is 93.0. The van der Waals surface area contributed by atoms with E-state index in [1.54, 1.807) is 97.1 Å². The molecule has 10 aromatic rings. The Morgan fingerprint density at radius 3 is 0.809 bits per heavy atom. The Morgan fingerprint density at radius 2 is 0.534 bits per heavy atom. The van der Waals surface area contributed by atoms with Gasteiger partial charge in [0.1, 0.15) is 23.0 Å². The van der Waals surface area contributed by atoms with Crippen molar-refractivity contribution in [2.24, 2.45) is 0 Å². The highest BCUT2D eigenvalue weighted by atomic mass is 16.6. The van der Waals surface area contributed by atoms with Crippen molar-refractivity contribution in [3.8, 4) is 23.0 Å². The smallest absolute Gasteiger partial charge is 0.339 e. The molecule has 0 bridgehead atoms. The molecule has 0 spiro atoms. The number of amides is 4. The molecule has 10 aromatic carbocycles. The van der Waals surface area contributed by atoms with Gasteiger partial charge in [0.2, 0.25) is 24.4 Å². The van der Waals surface area contributed by atoms with Crippen molar-refractivity contribution >= 4 is 114 Å². The number of rotatable bonds is 49. The molecule has 0 unspecified atom stereocenters. The molecule has 2 aliphatic rings. The molecule has 0 aromatic heterocycles. The predicted molar refractivity (Wildman–Crippen MR) is 491 cm³/mol. The van der Waals surface area contributed by atoms with Crippen LogP contribution in [0.3, 0.4) is 0 Å². The van der Waals surface area contributed by atoms with Gasteiger partial charge in [-0.3, -0.25) is 29.0 Å². The summed E-state index contributed by atoms with van der Waals surface area (Å²) in [6.07, 6.45) is 11.6. The van der Waals surface area contributed by atoms with E-state index in [1.807, 2.05) is 111 Å². The number of unbranched alkanes of at least 4 members (excludes halogenated alkanes) is 12. The number of aryl methyl sites for hydroxylation is 2.